The van der Waals surface area contributed by atoms with Gasteiger partial charge in [-0.2, -0.15) is 0 Å². The first-order valence-electron chi connectivity index (χ1n) is 7.87. The third-order valence-electron chi connectivity index (χ3n) is 3.87. The van der Waals surface area contributed by atoms with Crippen LogP contribution in [0.3, 0.4) is 0 Å². The van der Waals surface area contributed by atoms with E-state index in [2.05, 4.69) is 10.6 Å². The number of hydrogen-bond acceptors (Lipinski definition) is 4. The number of ether oxygens (including phenoxy) is 1. The minimum absolute atomic E-state index is 0.0724. The van der Waals surface area contributed by atoms with Gasteiger partial charge < -0.3 is 20.3 Å². The molecule has 0 saturated carbocycles. The van der Waals surface area contributed by atoms with E-state index in [9.17, 15) is 9.59 Å². The Balaban J connectivity index is 1.75. The predicted molar refractivity (Wildman–Crippen MR) is 80.0 cm³/mol. The lowest BCUT2D eigenvalue weighted by Gasteiger charge is -2.35. The van der Waals surface area contributed by atoms with Crippen LogP contribution in [-0.4, -0.2) is 54.2 Å². The number of piperidine rings is 2. The second-order valence-corrected chi connectivity index (χ2v) is 6.89. The summed E-state index contributed by atoms with van der Waals surface area (Å²) < 4.78 is 5.38. The molecule has 1 unspecified atom stereocenters. The maximum Gasteiger partial charge on any atom is 0.410 e. The molecule has 2 rings (SSSR count). The molecule has 2 aliphatic heterocycles. The Kier molecular flexibility index (Phi) is 5.08. The number of nitrogens with one attached hydrogen (secondary N) is 2. The van der Waals surface area contributed by atoms with Crippen LogP contribution in [0.25, 0.3) is 0 Å². The van der Waals surface area contributed by atoms with E-state index in [-0.39, 0.29) is 18.0 Å². The van der Waals surface area contributed by atoms with Gasteiger partial charge in [0.25, 0.3) is 0 Å². The highest BCUT2D eigenvalue weighted by Gasteiger charge is 2.30. The molecule has 2 aliphatic rings. The molecular formula is C15H27N3O3. The summed E-state index contributed by atoms with van der Waals surface area (Å²) in [7, 11) is 0. The number of amides is 2. The highest BCUT2D eigenvalue weighted by atomic mass is 16.6. The second-order valence-electron chi connectivity index (χ2n) is 6.89. The summed E-state index contributed by atoms with van der Waals surface area (Å²) >= 11 is 0. The van der Waals surface area contributed by atoms with Crippen molar-refractivity contribution in [3.8, 4) is 0 Å². The summed E-state index contributed by atoms with van der Waals surface area (Å²) in [5, 5.41) is 6.31. The van der Waals surface area contributed by atoms with Crippen molar-refractivity contribution in [2.24, 2.45) is 0 Å². The van der Waals surface area contributed by atoms with Crippen LogP contribution in [0.1, 0.15) is 46.5 Å². The average molecular weight is 297 g/mol. The summed E-state index contributed by atoms with van der Waals surface area (Å²) in [6.45, 7) is 7.78. The maximum absolute atomic E-state index is 12.0. The standard InChI is InChI=1S/C15H27N3O3/c1-15(2,3)21-14(20)18-9-6-11(7-10-18)17-12-5-4-8-16-13(12)19/h11-12,17H,4-10H2,1-3H3,(H,16,19). The SMILES string of the molecule is CC(C)(C)OC(=O)N1CCC(NC2CCCNC2=O)CC1. The van der Waals surface area contributed by atoms with E-state index in [0.29, 0.717) is 19.1 Å². The minimum atomic E-state index is -0.452. The summed E-state index contributed by atoms with van der Waals surface area (Å²) in [4.78, 5) is 25.5. The molecule has 0 bridgehead atoms. The predicted octanol–water partition coefficient (Wildman–Crippen LogP) is 1.25. The Morgan fingerprint density at radius 3 is 2.52 bits per heavy atom. The molecule has 0 radical (unpaired) electrons. The van der Waals surface area contributed by atoms with Crippen LogP contribution in [-0.2, 0) is 9.53 Å². The fourth-order valence-corrected chi connectivity index (χ4v) is 2.77. The molecule has 0 spiro atoms. The van der Waals surface area contributed by atoms with Gasteiger partial charge in [-0.15, -0.1) is 0 Å². The van der Waals surface area contributed by atoms with E-state index in [0.717, 1.165) is 32.2 Å². The van der Waals surface area contributed by atoms with Crippen molar-refractivity contribution in [2.75, 3.05) is 19.6 Å². The molecule has 0 aromatic heterocycles. The molecule has 2 amide bonds. The Morgan fingerprint density at radius 2 is 1.95 bits per heavy atom. The van der Waals surface area contributed by atoms with Gasteiger partial charge in [-0.25, -0.2) is 4.79 Å². The fourth-order valence-electron chi connectivity index (χ4n) is 2.77. The van der Waals surface area contributed by atoms with Gasteiger partial charge in [-0.3, -0.25) is 4.79 Å². The van der Waals surface area contributed by atoms with Crippen molar-refractivity contribution < 1.29 is 14.3 Å². The Morgan fingerprint density at radius 1 is 1.29 bits per heavy atom. The smallest absolute Gasteiger partial charge is 0.410 e. The van der Waals surface area contributed by atoms with E-state index in [4.69, 9.17) is 4.74 Å². The van der Waals surface area contributed by atoms with Gasteiger partial charge in [0.05, 0.1) is 6.04 Å². The van der Waals surface area contributed by atoms with Crippen LogP contribution in [0, 0.1) is 0 Å². The molecule has 6 heteroatoms. The first-order chi connectivity index (χ1) is 9.85. The van der Waals surface area contributed by atoms with Crippen LogP contribution in [0.2, 0.25) is 0 Å². The molecule has 21 heavy (non-hydrogen) atoms. The highest BCUT2D eigenvalue weighted by molar-refractivity contribution is 5.82. The maximum atomic E-state index is 12.0. The van der Waals surface area contributed by atoms with Gasteiger partial charge in [0.1, 0.15) is 5.60 Å². The molecule has 6 nitrogen and oxygen atoms in total. The fraction of sp³-hybridized carbons (Fsp3) is 0.867. The van der Waals surface area contributed by atoms with E-state index in [1.807, 2.05) is 20.8 Å². The van der Waals surface area contributed by atoms with Gasteiger partial charge in [-0.05, 0) is 46.5 Å². The Hall–Kier alpha value is -1.30. The lowest BCUT2D eigenvalue weighted by atomic mass is 10.0. The van der Waals surface area contributed by atoms with Crippen LogP contribution < -0.4 is 10.6 Å². The van der Waals surface area contributed by atoms with Crippen molar-refractivity contribution >= 4 is 12.0 Å². The van der Waals surface area contributed by atoms with Crippen LogP contribution >= 0.6 is 0 Å². The summed E-state index contributed by atoms with van der Waals surface area (Å²) in [6.07, 6.45) is 3.42. The summed E-state index contributed by atoms with van der Waals surface area (Å²) in [6, 6.07) is 0.231. The number of carbonyl (C=O) groups is 2. The van der Waals surface area contributed by atoms with Crippen molar-refractivity contribution in [2.45, 2.75) is 64.1 Å². The van der Waals surface area contributed by atoms with Gasteiger partial charge in [0.15, 0.2) is 0 Å². The molecule has 2 N–H and O–H groups in total. The Bertz CT molecular complexity index is 384. The van der Waals surface area contributed by atoms with Crippen molar-refractivity contribution in [3.05, 3.63) is 0 Å². The number of rotatable bonds is 2. The lowest BCUT2D eigenvalue weighted by Crippen LogP contribution is -2.54. The molecule has 1 atom stereocenters. The first kappa shape index (κ1) is 16.1. The van der Waals surface area contributed by atoms with Gasteiger partial charge >= 0.3 is 6.09 Å². The minimum Gasteiger partial charge on any atom is -0.444 e. The third kappa shape index (κ3) is 4.88. The summed E-state index contributed by atoms with van der Waals surface area (Å²) in [5.41, 5.74) is -0.452. The van der Waals surface area contributed by atoms with Crippen molar-refractivity contribution in [1.29, 1.82) is 0 Å². The van der Waals surface area contributed by atoms with E-state index < -0.39 is 5.60 Å². The van der Waals surface area contributed by atoms with E-state index >= 15 is 0 Å². The van der Waals surface area contributed by atoms with Crippen LogP contribution in [0.5, 0.6) is 0 Å². The zero-order valence-corrected chi connectivity index (χ0v) is 13.3. The normalized spacial score (nSPS) is 24.6. The lowest BCUT2D eigenvalue weighted by molar-refractivity contribution is -0.124. The van der Waals surface area contributed by atoms with E-state index in [1.165, 1.54) is 0 Å². The van der Waals surface area contributed by atoms with Gasteiger partial charge in [-0.1, -0.05) is 0 Å². The molecule has 2 heterocycles. The summed E-state index contributed by atoms with van der Waals surface area (Å²) in [5.74, 6) is 0.107. The molecule has 0 aromatic rings. The van der Waals surface area contributed by atoms with Gasteiger partial charge in [0, 0.05) is 25.7 Å². The molecular weight excluding hydrogens is 270 g/mol. The third-order valence-corrected chi connectivity index (χ3v) is 3.87. The zero-order valence-electron chi connectivity index (χ0n) is 13.3. The molecule has 0 aliphatic carbocycles. The largest absolute Gasteiger partial charge is 0.444 e. The quantitative estimate of drug-likeness (QED) is 0.805. The molecule has 120 valence electrons. The number of carbonyl (C=O) groups excluding carboxylic acids is 2. The average Bonchev–Trinajstić information content (AvgIpc) is 2.40. The molecule has 2 saturated heterocycles. The number of hydrogen-bond donors (Lipinski definition) is 2. The molecule has 0 aromatic carbocycles. The zero-order chi connectivity index (χ0) is 15.5. The number of likely N-dealkylation sites (tertiary alicyclic amines) is 1. The van der Waals surface area contributed by atoms with Crippen LogP contribution in [0.15, 0.2) is 0 Å². The van der Waals surface area contributed by atoms with E-state index in [1.54, 1.807) is 4.90 Å². The topological polar surface area (TPSA) is 70.7 Å². The van der Waals surface area contributed by atoms with Crippen molar-refractivity contribution in [3.63, 3.8) is 0 Å². The van der Waals surface area contributed by atoms with Crippen molar-refractivity contribution in [1.82, 2.24) is 15.5 Å². The highest BCUT2D eigenvalue weighted by Crippen LogP contribution is 2.16. The molecule has 2 fully saturated rings. The van der Waals surface area contributed by atoms with Gasteiger partial charge in [0.2, 0.25) is 5.91 Å². The second kappa shape index (κ2) is 6.64. The monoisotopic (exact) mass is 297 g/mol. The van der Waals surface area contributed by atoms with Crippen LogP contribution in [0.4, 0.5) is 4.79 Å². The Labute approximate surface area is 126 Å². The first-order valence-corrected chi connectivity index (χ1v) is 7.87. The number of nitrogens with zero attached hydrogens (tertiary/aromatic N) is 1.